The fourth-order valence-electron chi connectivity index (χ4n) is 3.36. The summed E-state index contributed by atoms with van der Waals surface area (Å²) in [6.45, 7) is 6.74. The minimum atomic E-state index is -3.70. The van der Waals surface area contributed by atoms with Crippen molar-refractivity contribution in [3.8, 4) is 0 Å². The lowest BCUT2D eigenvalue weighted by atomic mass is 10.0. The summed E-state index contributed by atoms with van der Waals surface area (Å²) in [5.74, 6) is -0.0340. The van der Waals surface area contributed by atoms with Crippen LogP contribution in [0.2, 0.25) is 0 Å². The SMILES string of the molecule is Cc1ccc(NS(=O)(=O)c2ccc(C(=O)N3CCCCC3C)cc2)cc1C. The first-order chi connectivity index (χ1) is 12.8. The molecule has 1 saturated heterocycles. The third kappa shape index (κ3) is 4.33. The molecule has 1 amide bonds. The van der Waals surface area contributed by atoms with Crippen LogP contribution in [-0.2, 0) is 10.0 Å². The van der Waals surface area contributed by atoms with Crippen LogP contribution >= 0.6 is 0 Å². The molecule has 1 aliphatic rings. The molecule has 1 heterocycles. The maximum atomic E-state index is 12.7. The van der Waals surface area contributed by atoms with Crippen molar-refractivity contribution in [2.75, 3.05) is 11.3 Å². The van der Waals surface area contributed by atoms with Gasteiger partial charge in [-0.25, -0.2) is 8.42 Å². The molecule has 5 nitrogen and oxygen atoms in total. The average Bonchev–Trinajstić information content (AvgIpc) is 2.64. The summed E-state index contributed by atoms with van der Waals surface area (Å²) in [6.07, 6.45) is 3.17. The van der Waals surface area contributed by atoms with Crippen LogP contribution in [0, 0.1) is 13.8 Å². The predicted octanol–water partition coefficient (Wildman–Crippen LogP) is 4.12. The summed E-state index contributed by atoms with van der Waals surface area (Å²) < 4.78 is 27.9. The Morgan fingerprint density at radius 2 is 1.74 bits per heavy atom. The molecule has 0 radical (unpaired) electrons. The maximum absolute atomic E-state index is 12.7. The normalized spacial score (nSPS) is 17.6. The van der Waals surface area contributed by atoms with Crippen LogP contribution in [0.25, 0.3) is 0 Å². The largest absolute Gasteiger partial charge is 0.336 e. The topological polar surface area (TPSA) is 66.5 Å². The standard InChI is InChI=1S/C21H26N2O3S/c1-15-7-10-19(14-16(15)2)22-27(25,26)20-11-8-18(9-12-20)21(24)23-13-5-4-6-17(23)3/h7-12,14,17,22H,4-6,13H2,1-3H3. The molecule has 0 spiro atoms. The van der Waals surface area contributed by atoms with Gasteiger partial charge in [0.25, 0.3) is 15.9 Å². The van der Waals surface area contributed by atoms with E-state index in [-0.39, 0.29) is 16.8 Å². The molecule has 1 atom stereocenters. The van der Waals surface area contributed by atoms with Crippen molar-refractivity contribution in [3.05, 3.63) is 59.2 Å². The second-order valence-electron chi connectivity index (χ2n) is 7.27. The highest BCUT2D eigenvalue weighted by Gasteiger charge is 2.24. The molecule has 144 valence electrons. The van der Waals surface area contributed by atoms with E-state index in [0.717, 1.165) is 36.9 Å². The summed E-state index contributed by atoms with van der Waals surface area (Å²) in [6, 6.07) is 11.8. The number of piperidine rings is 1. The van der Waals surface area contributed by atoms with Crippen molar-refractivity contribution in [2.24, 2.45) is 0 Å². The van der Waals surface area contributed by atoms with Crippen LogP contribution in [0.1, 0.15) is 47.7 Å². The number of amides is 1. The number of nitrogens with one attached hydrogen (secondary N) is 1. The number of nitrogens with zero attached hydrogens (tertiary/aromatic N) is 1. The van der Waals surface area contributed by atoms with Crippen LogP contribution in [0.15, 0.2) is 47.4 Å². The monoisotopic (exact) mass is 386 g/mol. The molecule has 0 aromatic heterocycles. The fourth-order valence-corrected chi connectivity index (χ4v) is 4.41. The van der Waals surface area contributed by atoms with Crippen LogP contribution in [-0.4, -0.2) is 31.8 Å². The molecule has 3 rings (SSSR count). The van der Waals surface area contributed by atoms with Crippen molar-refractivity contribution in [2.45, 2.75) is 51.0 Å². The molecule has 1 N–H and O–H groups in total. The first kappa shape index (κ1) is 19.4. The number of hydrogen-bond acceptors (Lipinski definition) is 3. The minimum absolute atomic E-state index is 0.0340. The molecule has 1 unspecified atom stereocenters. The lowest BCUT2D eigenvalue weighted by Gasteiger charge is -2.33. The number of rotatable bonds is 4. The first-order valence-corrected chi connectivity index (χ1v) is 10.8. The Kier molecular flexibility index (Phi) is 5.56. The molecule has 0 aliphatic carbocycles. The van der Waals surface area contributed by atoms with Gasteiger partial charge in [0, 0.05) is 23.8 Å². The molecule has 0 bridgehead atoms. The second-order valence-corrected chi connectivity index (χ2v) is 8.95. The van der Waals surface area contributed by atoms with Gasteiger partial charge in [0.05, 0.1) is 4.90 Å². The van der Waals surface area contributed by atoms with Crippen molar-refractivity contribution < 1.29 is 13.2 Å². The molecule has 0 saturated carbocycles. The van der Waals surface area contributed by atoms with Gasteiger partial charge in [-0.2, -0.15) is 0 Å². The molecule has 1 fully saturated rings. The van der Waals surface area contributed by atoms with Gasteiger partial charge in [-0.1, -0.05) is 6.07 Å². The highest BCUT2D eigenvalue weighted by Crippen LogP contribution is 2.22. The van der Waals surface area contributed by atoms with Crippen LogP contribution in [0.3, 0.4) is 0 Å². The van der Waals surface area contributed by atoms with E-state index in [1.54, 1.807) is 18.2 Å². The molecule has 2 aromatic rings. The zero-order valence-electron chi connectivity index (χ0n) is 16.0. The second kappa shape index (κ2) is 7.72. The highest BCUT2D eigenvalue weighted by molar-refractivity contribution is 7.92. The number of anilines is 1. The van der Waals surface area contributed by atoms with Gasteiger partial charge in [0.2, 0.25) is 0 Å². The lowest BCUT2D eigenvalue weighted by Crippen LogP contribution is -2.42. The van der Waals surface area contributed by atoms with E-state index in [4.69, 9.17) is 0 Å². The molecule has 2 aromatic carbocycles. The van der Waals surface area contributed by atoms with Crippen molar-refractivity contribution >= 4 is 21.6 Å². The summed E-state index contributed by atoms with van der Waals surface area (Å²) in [5.41, 5.74) is 3.17. The molecule has 27 heavy (non-hydrogen) atoms. The van der Waals surface area contributed by atoms with Crippen LogP contribution in [0.4, 0.5) is 5.69 Å². The Morgan fingerprint density at radius 1 is 1.04 bits per heavy atom. The summed E-state index contributed by atoms with van der Waals surface area (Å²) in [4.78, 5) is 14.7. The number of likely N-dealkylation sites (tertiary alicyclic amines) is 1. The predicted molar refractivity (Wildman–Crippen MR) is 108 cm³/mol. The number of benzene rings is 2. The van der Waals surface area contributed by atoms with Crippen molar-refractivity contribution in [3.63, 3.8) is 0 Å². The minimum Gasteiger partial charge on any atom is -0.336 e. The van der Waals surface area contributed by atoms with Gasteiger partial charge in [-0.15, -0.1) is 0 Å². The average molecular weight is 387 g/mol. The number of aryl methyl sites for hydroxylation is 2. The van der Waals surface area contributed by atoms with E-state index in [9.17, 15) is 13.2 Å². The quantitative estimate of drug-likeness (QED) is 0.859. The molecule has 6 heteroatoms. The van der Waals surface area contributed by atoms with Crippen LogP contribution in [0.5, 0.6) is 0 Å². The van der Waals surface area contributed by atoms with Crippen molar-refractivity contribution in [1.82, 2.24) is 4.90 Å². The summed E-state index contributed by atoms with van der Waals surface area (Å²) in [5, 5.41) is 0. The molecular formula is C21H26N2O3S. The maximum Gasteiger partial charge on any atom is 0.261 e. The molecule has 1 aliphatic heterocycles. The number of carbonyl (C=O) groups is 1. The number of carbonyl (C=O) groups excluding carboxylic acids is 1. The van der Waals surface area contributed by atoms with E-state index in [1.165, 1.54) is 12.1 Å². The smallest absolute Gasteiger partial charge is 0.261 e. The molecular weight excluding hydrogens is 360 g/mol. The van der Waals surface area contributed by atoms with Crippen molar-refractivity contribution in [1.29, 1.82) is 0 Å². The zero-order chi connectivity index (χ0) is 19.6. The highest BCUT2D eigenvalue weighted by atomic mass is 32.2. The van der Waals surface area contributed by atoms with Gasteiger partial charge in [0.15, 0.2) is 0 Å². The number of hydrogen-bond donors (Lipinski definition) is 1. The Balaban J connectivity index is 1.77. The Labute approximate surface area is 161 Å². The van der Waals surface area contributed by atoms with Gasteiger partial charge < -0.3 is 4.90 Å². The Bertz CT molecular complexity index is 936. The van der Waals surface area contributed by atoms with Crippen LogP contribution < -0.4 is 4.72 Å². The summed E-state index contributed by atoms with van der Waals surface area (Å²) in [7, 11) is -3.70. The van der Waals surface area contributed by atoms with Gasteiger partial charge in [0.1, 0.15) is 0 Å². The lowest BCUT2D eigenvalue weighted by molar-refractivity contribution is 0.0635. The third-order valence-electron chi connectivity index (χ3n) is 5.23. The fraction of sp³-hybridized carbons (Fsp3) is 0.381. The Morgan fingerprint density at radius 3 is 2.37 bits per heavy atom. The van der Waals surface area contributed by atoms with E-state index in [2.05, 4.69) is 11.6 Å². The van der Waals surface area contributed by atoms with Gasteiger partial charge in [-0.05, 0) is 87.6 Å². The Hall–Kier alpha value is -2.34. The van der Waals surface area contributed by atoms with E-state index < -0.39 is 10.0 Å². The van der Waals surface area contributed by atoms with Gasteiger partial charge in [-0.3, -0.25) is 9.52 Å². The van der Waals surface area contributed by atoms with E-state index >= 15 is 0 Å². The third-order valence-corrected chi connectivity index (χ3v) is 6.63. The summed E-state index contributed by atoms with van der Waals surface area (Å²) >= 11 is 0. The van der Waals surface area contributed by atoms with E-state index in [0.29, 0.717) is 11.3 Å². The zero-order valence-corrected chi connectivity index (χ0v) is 16.8. The first-order valence-electron chi connectivity index (χ1n) is 9.29. The number of sulfonamides is 1. The van der Waals surface area contributed by atoms with Gasteiger partial charge >= 0.3 is 0 Å². The van der Waals surface area contributed by atoms with E-state index in [1.807, 2.05) is 30.9 Å².